The number of nitrogens with two attached hydrogens (primary N) is 1. The zero-order valence-corrected chi connectivity index (χ0v) is 28.6. The fourth-order valence-electron chi connectivity index (χ4n) is 4.64. The van der Waals surface area contributed by atoms with Crippen LogP contribution in [0, 0.1) is 17.8 Å². The van der Waals surface area contributed by atoms with Crippen molar-refractivity contribution in [1.29, 1.82) is 0 Å². The van der Waals surface area contributed by atoms with Crippen molar-refractivity contribution in [2.45, 2.75) is 85.5 Å². The minimum Gasteiger partial charge on any atom is -0.445 e. The third-order valence-corrected chi connectivity index (χ3v) is 7.07. The molecule has 14 heteroatoms. The molecule has 0 aliphatic carbocycles. The first kappa shape index (κ1) is 39.7. The van der Waals surface area contributed by atoms with Crippen LogP contribution >= 0.6 is 0 Å². The fraction of sp³-hybridized carbons (Fsp3) is 0.625. The lowest BCUT2D eigenvalue weighted by atomic mass is 9.99. The molecular formula is C32H53N7O7. The molecule has 0 bridgehead atoms. The number of carbonyl (C=O) groups is 6. The molecular weight excluding hydrogens is 594 g/mol. The Kier molecular flexibility index (Phi) is 16.6. The van der Waals surface area contributed by atoms with E-state index in [-0.39, 0.29) is 55.6 Å². The molecule has 0 saturated heterocycles. The van der Waals surface area contributed by atoms with Crippen molar-refractivity contribution < 1.29 is 33.5 Å². The van der Waals surface area contributed by atoms with Crippen LogP contribution in [0.15, 0.2) is 24.3 Å². The molecule has 0 unspecified atom stereocenters. The van der Waals surface area contributed by atoms with E-state index in [1.807, 2.05) is 27.7 Å². The second-order valence-corrected chi connectivity index (χ2v) is 12.7. The molecule has 46 heavy (non-hydrogen) atoms. The van der Waals surface area contributed by atoms with Crippen molar-refractivity contribution >= 4 is 41.4 Å². The largest absolute Gasteiger partial charge is 0.445 e. The molecule has 0 fully saturated rings. The molecule has 6 N–H and O–H groups in total. The Morgan fingerprint density at radius 2 is 1.46 bits per heavy atom. The van der Waals surface area contributed by atoms with Crippen LogP contribution in [-0.4, -0.2) is 91.4 Å². The maximum atomic E-state index is 13.2. The van der Waals surface area contributed by atoms with Gasteiger partial charge in [0.05, 0.1) is 0 Å². The zero-order valence-electron chi connectivity index (χ0n) is 28.6. The summed E-state index contributed by atoms with van der Waals surface area (Å²) in [6.45, 7) is 11.3. The van der Waals surface area contributed by atoms with Gasteiger partial charge in [0.25, 0.3) is 0 Å². The van der Waals surface area contributed by atoms with E-state index in [0.29, 0.717) is 17.7 Å². The standard InChI is InChI=1S/C32H53N7O7/c1-19(2)17-25(40)36-24(11-10-16-34-31(33)44)28(41)35-23-14-12-22(13-15-23)18-46-32(45)39(9)27(21(5)6)29(42)37-26(20(3)4)30(43)38(7)8/h12-15,19-21,24,26-27H,10-11,16-18H2,1-9H3,(H,35,41)(H,36,40)(H,37,42)(H3,33,34,44)/t24-,26-,27-/m1/s1. The van der Waals surface area contributed by atoms with Gasteiger partial charge in [-0.1, -0.05) is 53.7 Å². The zero-order chi connectivity index (χ0) is 35.1. The highest BCUT2D eigenvalue weighted by Crippen LogP contribution is 2.16. The average Bonchev–Trinajstić information content (AvgIpc) is 2.95. The van der Waals surface area contributed by atoms with Gasteiger partial charge in [0, 0.05) is 39.8 Å². The Labute approximate surface area is 272 Å². The minimum absolute atomic E-state index is 0.0850. The molecule has 1 aromatic carbocycles. The maximum absolute atomic E-state index is 13.2. The predicted molar refractivity (Wildman–Crippen MR) is 175 cm³/mol. The highest BCUT2D eigenvalue weighted by Gasteiger charge is 2.34. The van der Waals surface area contributed by atoms with Gasteiger partial charge in [0.1, 0.15) is 24.7 Å². The summed E-state index contributed by atoms with van der Waals surface area (Å²) in [6.07, 6.45) is 0.269. The summed E-state index contributed by atoms with van der Waals surface area (Å²) in [5.74, 6) is -1.66. The molecule has 1 rings (SSSR count). The van der Waals surface area contributed by atoms with Gasteiger partial charge in [0.2, 0.25) is 23.6 Å². The number of anilines is 1. The van der Waals surface area contributed by atoms with E-state index >= 15 is 0 Å². The number of hydrogen-bond donors (Lipinski definition) is 5. The first-order valence-corrected chi connectivity index (χ1v) is 15.6. The van der Waals surface area contributed by atoms with Crippen molar-refractivity contribution in [3.63, 3.8) is 0 Å². The smallest absolute Gasteiger partial charge is 0.410 e. The van der Waals surface area contributed by atoms with E-state index in [9.17, 15) is 28.8 Å². The van der Waals surface area contributed by atoms with Gasteiger partial charge < -0.3 is 36.6 Å². The Bertz CT molecular complexity index is 1190. The first-order valence-electron chi connectivity index (χ1n) is 15.6. The number of primary amides is 1. The molecule has 0 aromatic heterocycles. The van der Waals surface area contributed by atoms with Crippen LogP contribution in [0.2, 0.25) is 0 Å². The molecule has 0 aliphatic rings. The third kappa shape index (κ3) is 13.7. The predicted octanol–water partition coefficient (Wildman–Crippen LogP) is 2.43. The Morgan fingerprint density at radius 1 is 0.848 bits per heavy atom. The fourth-order valence-corrected chi connectivity index (χ4v) is 4.64. The molecule has 0 saturated carbocycles. The van der Waals surface area contributed by atoms with Crippen LogP contribution in [0.25, 0.3) is 0 Å². The Balaban J connectivity index is 2.85. The van der Waals surface area contributed by atoms with Crippen LogP contribution in [0.5, 0.6) is 0 Å². The Hall–Kier alpha value is -4.36. The second kappa shape index (κ2) is 19.2. The summed E-state index contributed by atoms with van der Waals surface area (Å²) in [6, 6.07) is 3.55. The summed E-state index contributed by atoms with van der Waals surface area (Å²) in [4.78, 5) is 77.7. The van der Waals surface area contributed by atoms with Crippen molar-refractivity contribution in [2.24, 2.45) is 23.5 Å². The van der Waals surface area contributed by atoms with Crippen LogP contribution in [0.1, 0.15) is 66.4 Å². The van der Waals surface area contributed by atoms with Crippen LogP contribution in [0.4, 0.5) is 15.3 Å². The number of urea groups is 1. The molecule has 1 aromatic rings. The average molecular weight is 648 g/mol. The van der Waals surface area contributed by atoms with E-state index in [1.165, 1.54) is 16.8 Å². The van der Waals surface area contributed by atoms with Gasteiger partial charge in [-0.15, -0.1) is 0 Å². The van der Waals surface area contributed by atoms with Gasteiger partial charge in [0.15, 0.2) is 0 Å². The van der Waals surface area contributed by atoms with Gasteiger partial charge in [-0.2, -0.15) is 0 Å². The summed E-state index contributed by atoms with van der Waals surface area (Å²) in [5.41, 5.74) is 6.21. The topological polar surface area (TPSA) is 192 Å². The van der Waals surface area contributed by atoms with Crippen LogP contribution in [-0.2, 0) is 30.5 Å². The van der Waals surface area contributed by atoms with E-state index in [2.05, 4.69) is 21.3 Å². The quantitative estimate of drug-likeness (QED) is 0.160. The second-order valence-electron chi connectivity index (χ2n) is 12.7. The number of rotatable bonds is 17. The van der Waals surface area contributed by atoms with Gasteiger partial charge in [-0.3, -0.25) is 24.1 Å². The monoisotopic (exact) mass is 647 g/mol. The van der Waals surface area contributed by atoms with Crippen molar-refractivity contribution in [3.05, 3.63) is 29.8 Å². The highest BCUT2D eigenvalue weighted by molar-refractivity contribution is 5.97. The number of ether oxygens (including phenoxy) is 1. The summed E-state index contributed by atoms with van der Waals surface area (Å²) in [7, 11) is 4.71. The summed E-state index contributed by atoms with van der Waals surface area (Å²) >= 11 is 0. The van der Waals surface area contributed by atoms with E-state index in [4.69, 9.17) is 10.5 Å². The van der Waals surface area contributed by atoms with Crippen LogP contribution < -0.4 is 27.0 Å². The van der Waals surface area contributed by atoms with Gasteiger partial charge in [-0.05, 0) is 48.3 Å². The summed E-state index contributed by atoms with van der Waals surface area (Å²) < 4.78 is 5.47. The molecule has 258 valence electrons. The number of hydrogen-bond acceptors (Lipinski definition) is 7. The molecule has 7 amide bonds. The number of carbonyl (C=O) groups excluding carboxylic acids is 6. The van der Waals surface area contributed by atoms with Crippen LogP contribution in [0.3, 0.4) is 0 Å². The Morgan fingerprint density at radius 3 is 1.96 bits per heavy atom. The molecule has 14 nitrogen and oxygen atoms in total. The van der Waals surface area contributed by atoms with Gasteiger partial charge in [-0.25, -0.2) is 9.59 Å². The van der Waals surface area contributed by atoms with Crippen molar-refractivity contribution in [2.75, 3.05) is 33.0 Å². The molecule has 0 aliphatic heterocycles. The number of amides is 7. The number of benzene rings is 1. The number of nitrogens with one attached hydrogen (secondary N) is 4. The molecule has 0 heterocycles. The number of nitrogens with zero attached hydrogens (tertiary/aromatic N) is 2. The third-order valence-electron chi connectivity index (χ3n) is 7.07. The van der Waals surface area contributed by atoms with E-state index in [0.717, 1.165) is 0 Å². The lowest BCUT2D eigenvalue weighted by Gasteiger charge is -2.32. The van der Waals surface area contributed by atoms with Crippen molar-refractivity contribution in [3.8, 4) is 0 Å². The lowest BCUT2D eigenvalue weighted by molar-refractivity contribution is -0.137. The SMILES string of the molecule is CC(C)CC(=O)N[C@H](CCCNC(N)=O)C(=O)Nc1ccc(COC(=O)N(C)[C@@H](C(=O)N[C@@H](C(=O)N(C)C)C(C)C)C(C)C)cc1. The molecule has 0 spiro atoms. The van der Waals surface area contributed by atoms with E-state index in [1.54, 1.807) is 52.2 Å². The summed E-state index contributed by atoms with van der Waals surface area (Å²) in [5, 5.41) is 10.8. The minimum atomic E-state index is -0.873. The first-order chi connectivity index (χ1) is 21.4. The maximum Gasteiger partial charge on any atom is 0.410 e. The number of likely N-dealkylation sites (N-methyl/N-ethyl adjacent to an activating group) is 2. The normalized spacial score (nSPS) is 13.0. The highest BCUT2D eigenvalue weighted by atomic mass is 16.6. The van der Waals surface area contributed by atoms with Crippen molar-refractivity contribution in [1.82, 2.24) is 25.8 Å². The van der Waals surface area contributed by atoms with E-state index < -0.39 is 42.1 Å². The molecule has 3 atom stereocenters. The lowest BCUT2D eigenvalue weighted by Crippen LogP contribution is -2.57. The molecule has 0 radical (unpaired) electrons. The van der Waals surface area contributed by atoms with Gasteiger partial charge >= 0.3 is 12.1 Å².